The van der Waals surface area contributed by atoms with Crippen LogP contribution in [0.2, 0.25) is 0 Å². The van der Waals surface area contributed by atoms with Crippen molar-refractivity contribution in [1.29, 1.82) is 0 Å². The smallest absolute Gasteiger partial charge is 0.337 e. The lowest BCUT2D eigenvalue weighted by molar-refractivity contribution is -0.136. The molecule has 5 rings (SSSR count). The van der Waals surface area contributed by atoms with Gasteiger partial charge in [-0.1, -0.05) is 18.2 Å². The van der Waals surface area contributed by atoms with Gasteiger partial charge in [-0.25, -0.2) is 9.59 Å². The largest absolute Gasteiger partial charge is 0.478 e. The number of rotatable bonds is 2. The van der Waals surface area contributed by atoms with Gasteiger partial charge in [0.25, 0.3) is 0 Å². The average molecular weight is 351 g/mol. The quantitative estimate of drug-likeness (QED) is 0.803. The molecule has 0 fully saturated rings. The molecule has 3 heterocycles. The third kappa shape index (κ3) is 2.00. The second-order valence-corrected chi connectivity index (χ2v) is 6.21. The summed E-state index contributed by atoms with van der Waals surface area (Å²) in [5.74, 6) is -0.872. The minimum absolute atomic E-state index is 0.129. The third-order valence-electron chi connectivity index (χ3n) is 4.82. The van der Waals surface area contributed by atoms with E-state index in [0.717, 1.165) is 11.3 Å². The van der Waals surface area contributed by atoms with E-state index in [-0.39, 0.29) is 19.0 Å². The van der Waals surface area contributed by atoms with Crippen molar-refractivity contribution in [3.8, 4) is 11.5 Å². The number of carbonyl (C=O) groups excluding carboxylic acids is 1. The second-order valence-electron chi connectivity index (χ2n) is 6.21. The van der Waals surface area contributed by atoms with Crippen LogP contribution in [0.15, 0.2) is 47.7 Å². The minimum Gasteiger partial charge on any atom is -0.478 e. The van der Waals surface area contributed by atoms with E-state index in [0.29, 0.717) is 28.3 Å². The molecular weight excluding hydrogens is 338 g/mol. The molecule has 0 amide bonds. The summed E-state index contributed by atoms with van der Waals surface area (Å²) in [5, 5.41) is 12.8. The van der Waals surface area contributed by atoms with Gasteiger partial charge < -0.3 is 24.6 Å². The fraction of sp³-hybridized carbons (Fsp3) is 0.158. The molecule has 7 heteroatoms. The number of esters is 1. The molecule has 26 heavy (non-hydrogen) atoms. The van der Waals surface area contributed by atoms with E-state index in [1.165, 1.54) is 6.07 Å². The van der Waals surface area contributed by atoms with Gasteiger partial charge in [0.1, 0.15) is 6.61 Å². The Hall–Kier alpha value is -3.48. The van der Waals surface area contributed by atoms with E-state index >= 15 is 0 Å². The molecule has 1 atom stereocenters. The predicted molar refractivity (Wildman–Crippen MR) is 89.4 cm³/mol. The van der Waals surface area contributed by atoms with E-state index in [9.17, 15) is 14.7 Å². The van der Waals surface area contributed by atoms with Crippen molar-refractivity contribution in [3.05, 3.63) is 64.4 Å². The predicted octanol–water partition coefficient (Wildman–Crippen LogP) is 2.48. The number of carboxylic acid groups (broad SMARTS) is 1. The number of hydrogen-bond donors (Lipinski definition) is 2. The van der Waals surface area contributed by atoms with Gasteiger partial charge in [0.15, 0.2) is 11.5 Å². The molecule has 0 aliphatic carbocycles. The number of carbonyl (C=O) groups is 2. The van der Waals surface area contributed by atoms with Crippen molar-refractivity contribution in [3.63, 3.8) is 0 Å². The van der Waals surface area contributed by atoms with Gasteiger partial charge in [-0.15, -0.1) is 0 Å². The highest BCUT2D eigenvalue weighted by Gasteiger charge is 2.40. The van der Waals surface area contributed by atoms with Gasteiger partial charge in [-0.05, 0) is 23.3 Å². The van der Waals surface area contributed by atoms with Crippen molar-refractivity contribution in [2.75, 3.05) is 18.7 Å². The number of hydrogen-bond acceptors (Lipinski definition) is 6. The maximum atomic E-state index is 12.4. The lowest BCUT2D eigenvalue weighted by atomic mass is 9.79. The summed E-state index contributed by atoms with van der Waals surface area (Å²) in [7, 11) is 0. The molecule has 7 nitrogen and oxygen atoms in total. The molecule has 0 bridgehead atoms. The number of cyclic esters (lactones) is 1. The number of ether oxygens (including phenoxy) is 3. The summed E-state index contributed by atoms with van der Waals surface area (Å²) in [4.78, 5) is 24.1. The van der Waals surface area contributed by atoms with Gasteiger partial charge in [-0.2, -0.15) is 0 Å². The van der Waals surface area contributed by atoms with Crippen LogP contribution in [0, 0.1) is 0 Å². The fourth-order valence-electron chi connectivity index (χ4n) is 3.70. The zero-order chi connectivity index (χ0) is 17.8. The first-order valence-corrected chi connectivity index (χ1v) is 8.06. The molecule has 0 radical (unpaired) electrons. The van der Waals surface area contributed by atoms with Crippen molar-refractivity contribution < 1.29 is 28.9 Å². The lowest BCUT2D eigenvalue weighted by Crippen LogP contribution is -2.21. The van der Waals surface area contributed by atoms with Gasteiger partial charge in [-0.3, -0.25) is 0 Å². The SMILES string of the molecule is O=C1OCC2=C1C(c1ccccc1C(=O)O)c1cc3c(cc1N2)OCO3. The highest BCUT2D eigenvalue weighted by Crippen LogP contribution is 2.49. The molecule has 0 saturated heterocycles. The van der Waals surface area contributed by atoms with Gasteiger partial charge in [0.2, 0.25) is 6.79 Å². The third-order valence-corrected chi connectivity index (χ3v) is 4.82. The Bertz CT molecular complexity index is 1010. The van der Waals surface area contributed by atoms with E-state index < -0.39 is 17.9 Å². The van der Waals surface area contributed by atoms with Crippen molar-refractivity contribution in [1.82, 2.24) is 0 Å². The standard InChI is InChI=1S/C19H13NO6/c21-18(22)10-4-2-1-3-9(10)16-11-5-14-15(26-8-25-14)6-12(11)20-13-7-24-19(23)17(13)16/h1-6,16,20H,7-8H2,(H,21,22). The monoisotopic (exact) mass is 351 g/mol. The van der Waals surface area contributed by atoms with Crippen LogP contribution in [0.4, 0.5) is 5.69 Å². The lowest BCUT2D eigenvalue weighted by Gasteiger charge is -2.28. The first kappa shape index (κ1) is 14.8. The number of anilines is 1. The Labute approximate surface area is 147 Å². The fourth-order valence-corrected chi connectivity index (χ4v) is 3.70. The van der Waals surface area contributed by atoms with Crippen LogP contribution >= 0.6 is 0 Å². The van der Waals surface area contributed by atoms with Crippen LogP contribution in [0.5, 0.6) is 11.5 Å². The second kappa shape index (κ2) is 5.26. The van der Waals surface area contributed by atoms with Crippen molar-refractivity contribution in [2.45, 2.75) is 5.92 Å². The molecule has 2 aromatic rings. The minimum atomic E-state index is -1.05. The molecular formula is C19H13NO6. The highest BCUT2D eigenvalue weighted by molar-refractivity contribution is 5.99. The van der Waals surface area contributed by atoms with Crippen molar-refractivity contribution in [2.24, 2.45) is 0 Å². The first-order valence-electron chi connectivity index (χ1n) is 8.06. The molecule has 1 unspecified atom stereocenters. The van der Waals surface area contributed by atoms with Gasteiger partial charge >= 0.3 is 11.9 Å². The Balaban J connectivity index is 1.77. The Morgan fingerprint density at radius 1 is 1.08 bits per heavy atom. The Kier molecular flexibility index (Phi) is 3.00. The molecule has 0 saturated carbocycles. The topological polar surface area (TPSA) is 94.1 Å². The molecule has 130 valence electrons. The maximum Gasteiger partial charge on any atom is 0.337 e. The van der Waals surface area contributed by atoms with Gasteiger partial charge in [0.05, 0.1) is 16.8 Å². The van der Waals surface area contributed by atoms with Crippen LogP contribution in [0.25, 0.3) is 0 Å². The molecule has 3 aliphatic rings. The van der Waals surface area contributed by atoms with Gasteiger partial charge in [0, 0.05) is 17.7 Å². The van der Waals surface area contributed by atoms with Crippen LogP contribution in [0.1, 0.15) is 27.4 Å². The number of fused-ring (bicyclic) bond motifs is 2. The van der Waals surface area contributed by atoms with E-state index in [4.69, 9.17) is 14.2 Å². The number of benzene rings is 2. The van der Waals surface area contributed by atoms with Crippen molar-refractivity contribution >= 4 is 17.6 Å². The normalized spacial score (nSPS) is 19.5. The summed E-state index contributed by atoms with van der Waals surface area (Å²) < 4.78 is 16.1. The maximum absolute atomic E-state index is 12.4. The van der Waals surface area contributed by atoms with E-state index in [2.05, 4.69) is 5.32 Å². The Morgan fingerprint density at radius 2 is 1.85 bits per heavy atom. The van der Waals surface area contributed by atoms with Crippen LogP contribution in [-0.4, -0.2) is 30.4 Å². The molecule has 0 spiro atoms. The van der Waals surface area contributed by atoms with Crippen LogP contribution in [-0.2, 0) is 9.53 Å². The van der Waals surface area contributed by atoms with E-state index in [1.807, 2.05) is 0 Å². The first-order chi connectivity index (χ1) is 12.6. The highest BCUT2D eigenvalue weighted by atomic mass is 16.7. The molecule has 0 aromatic heterocycles. The summed E-state index contributed by atoms with van der Waals surface area (Å²) in [6.45, 7) is 0.261. The summed E-state index contributed by atoms with van der Waals surface area (Å²) in [6, 6.07) is 10.3. The van der Waals surface area contributed by atoms with Crippen LogP contribution in [0.3, 0.4) is 0 Å². The zero-order valence-corrected chi connectivity index (χ0v) is 13.4. The van der Waals surface area contributed by atoms with Crippen LogP contribution < -0.4 is 14.8 Å². The molecule has 2 aromatic carbocycles. The number of carboxylic acids is 1. The summed E-state index contributed by atoms with van der Waals surface area (Å²) >= 11 is 0. The molecule has 2 N–H and O–H groups in total. The van der Waals surface area contributed by atoms with E-state index in [1.54, 1.807) is 30.3 Å². The summed E-state index contributed by atoms with van der Waals surface area (Å²) in [6.07, 6.45) is 0. The Morgan fingerprint density at radius 3 is 2.65 bits per heavy atom. The number of nitrogens with one attached hydrogen (secondary N) is 1. The number of aromatic carboxylic acids is 1. The average Bonchev–Trinajstić information content (AvgIpc) is 3.24. The zero-order valence-electron chi connectivity index (χ0n) is 13.4. The molecule has 3 aliphatic heterocycles. The summed E-state index contributed by atoms with van der Waals surface area (Å²) in [5.41, 5.74) is 3.26.